The highest BCUT2D eigenvalue weighted by Gasteiger charge is 2.51. The topological polar surface area (TPSA) is 42.0 Å². The molecule has 0 radical (unpaired) electrons. The van der Waals surface area contributed by atoms with Gasteiger partial charge >= 0.3 is 7.12 Å². The summed E-state index contributed by atoms with van der Waals surface area (Å²) in [6, 6.07) is 5.86. The molecule has 2 aliphatic rings. The summed E-state index contributed by atoms with van der Waals surface area (Å²) in [5, 5.41) is 0. The van der Waals surface area contributed by atoms with Gasteiger partial charge in [0.05, 0.1) is 11.2 Å². The van der Waals surface area contributed by atoms with Gasteiger partial charge in [0.15, 0.2) is 6.29 Å². The predicted octanol–water partition coefficient (Wildman–Crippen LogP) is 1.55. The van der Waals surface area contributed by atoms with Crippen LogP contribution in [-0.2, 0) is 9.31 Å². The van der Waals surface area contributed by atoms with Crippen molar-refractivity contribution in [2.24, 2.45) is 0 Å². The Labute approximate surface area is 145 Å². The van der Waals surface area contributed by atoms with Gasteiger partial charge in [0.2, 0.25) is 0 Å². The summed E-state index contributed by atoms with van der Waals surface area (Å²) in [6.45, 7) is 12.0. The van der Waals surface area contributed by atoms with Gasteiger partial charge in [-0.05, 0) is 52.3 Å². The highest BCUT2D eigenvalue weighted by atomic mass is 16.8. The number of benzene rings is 1. The molecule has 2 heterocycles. The maximum atomic E-state index is 11.5. The monoisotopic (exact) mass is 336 g/mol. The lowest BCUT2D eigenvalue weighted by Gasteiger charge is -2.35. The Balaban J connectivity index is 1.89. The zero-order chi connectivity index (χ0) is 17.5. The van der Waals surface area contributed by atoms with Gasteiger partial charge in [0.25, 0.3) is 0 Å². The third-order valence-corrected chi connectivity index (χ3v) is 5.55. The van der Waals surface area contributed by atoms with E-state index in [0.29, 0.717) is 0 Å². The lowest BCUT2D eigenvalue weighted by Crippen LogP contribution is -2.45. The minimum Gasteiger partial charge on any atom is -0.399 e. The van der Waals surface area contributed by atoms with E-state index in [9.17, 15) is 4.79 Å². The van der Waals surface area contributed by atoms with Crippen molar-refractivity contribution < 1.29 is 14.1 Å². The molecule has 3 rings (SSSR count). The number of carbonyl (C=O) groups is 1. The van der Waals surface area contributed by atoms with Gasteiger partial charge in [0, 0.05) is 37.4 Å². The fraction of sp³-hybridized carbons (Fsp3) is 0.611. The average Bonchev–Trinajstić information content (AvgIpc) is 2.75. The van der Waals surface area contributed by atoms with Crippen molar-refractivity contribution >= 4 is 24.6 Å². The van der Waals surface area contributed by atoms with Crippen molar-refractivity contribution in [3.8, 4) is 0 Å². The number of hydrogen-bond donors (Lipinski definition) is 0. The second-order valence-corrected chi connectivity index (χ2v) is 7.81. The summed E-state index contributed by atoms with van der Waals surface area (Å²) in [6.07, 6.45) is 0.932. The van der Waals surface area contributed by atoms with E-state index >= 15 is 0 Å². The van der Waals surface area contributed by atoms with E-state index < -0.39 is 7.12 Å². The number of piperazine rings is 1. The zero-order valence-corrected chi connectivity index (χ0v) is 15.3. The molecule has 0 unspecified atom stereocenters. The summed E-state index contributed by atoms with van der Waals surface area (Å²) in [4.78, 5) is 16.1. The Morgan fingerprint density at radius 2 is 1.62 bits per heavy atom. The first-order valence-electron chi connectivity index (χ1n) is 8.62. The van der Waals surface area contributed by atoms with E-state index in [1.165, 1.54) is 0 Å². The molecule has 0 amide bonds. The Morgan fingerprint density at radius 1 is 1.04 bits per heavy atom. The van der Waals surface area contributed by atoms with Gasteiger partial charge in [-0.2, -0.15) is 0 Å². The standard InChI is InChI=1S/C18H27BN2O3/c1-17(2)18(3,4)24-19(23-17)15-7-6-14(13-22)16(12-15)21-10-8-20(5)9-11-21/h6-7,12-13H,8-11H2,1-5H3/i1+1,2+1,3+1,4+1,17+1,18+1. The maximum absolute atomic E-state index is 11.5. The highest BCUT2D eigenvalue weighted by Crippen LogP contribution is 2.36. The summed E-state index contributed by atoms with van der Waals surface area (Å²) in [5.74, 6) is 0. The van der Waals surface area contributed by atoms with Gasteiger partial charge in [-0.1, -0.05) is 6.07 Å². The molecule has 130 valence electrons. The van der Waals surface area contributed by atoms with Crippen molar-refractivity contribution in [1.29, 1.82) is 0 Å². The second kappa shape index (κ2) is 6.17. The summed E-state index contributed by atoms with van der Waals surface area (Å²) in [7, 11) is 1.72. The molecule has 24 heavy (non-hydrogen) atoms. The van der Waals surface area contributed by atoms with Crippen LogP contribution in [0.25, 0.3) is 0 Å². The zero-order valence-electron chi connectivity index (χ0n) is 15.3. The van der Waals surface area contributed by atoms with Crippen LogP contribution in [0.3, 0.4) is 0 Å². The van der Waals surface area contributed by atoms with Gasteiger partial charge in [0.1, 0.15) is 0 Å². The van der Waals surface area contributed by atoms with Gasteiger partial charge in [-0.3, -0.25) is 4.79 Å². The van der Waals surface area contributed by atoms with Gasteiger partial charge in [-0.25, -0.2) is 0 Å². The molecule has 2 fully saturated rings. The molecule has 0 spiro atoms. The lowest BCUT2D eigenvalue weighted by molar-refractivity contribution is 0.00578. The number of hydrogen-bond acceptors (Lipinski definition) is 5. The van der Waals surface area contributed by atoms with E-state index in [2.05, 4.69) is 22.9 Å². The number of nitrogens with zero attached hydrogens (tertiary/aromatic N) is 2. The van der Waals surface area contributed by atoms with Crippen molar-refractivity contribution in [2.75, 3.05) is 38.1 Å². The Bertz CT molecular complexity index is 609. The predicted molar refractivity (Wildman–Crippen MR) is 97.3 cm³/mol. The van der Waals surface area contributed by atoms with Crippen LogP contribution in [0.15, 0.2) is 18.2 Å². The number of likely N-dealkylation sites (N-methyl/N-ethyl adjacent to an activating group) is 1. The van der Waals surface area contributed by atoms with Crippen molar-refractivity contribution in [3.63, 3.8) is 0 Å². The molecule has 1 aromatic carbocycles. The first kappa shape index (κ1) is 17.5. The first-order chi connectivity index (χ1) is 11.2. The minimum absolute atomic E-state index is 0.366. The Kier molecular flexibility index (Phi) is 4.49. The van der Waals surface area contributed by atoms with Crippen LogP contribution in [0.2, 0.25) is 0 Å². The molecule has 2 saturated heterocycles. The number of rotatable bonds is 3. The molecule has 0 aromatic heterocycles. The molecule has 0 N–H and O–H groups in total. The molecule has 0 bridgehead atoms. The van der Waals surface area contributed by atoms with Crippen LogP contribution < -0.4 is 10.4 Å². The molecule has 0 saturated carbocycles. The van der Waals surface area contributed by atoms with E-state index in [-0.39, 0.29) is 11.2 Å². The van der Waals surface area contributed by atoms with E-state index in [4.69, 9.17) is 9.31 Å². The average molecular weight is 336 g/mol. The molecule has 5 nitrogen and oxygen atoms in total. The quantitative estimate of drug-likeness (QED) is 0.476. The summed E-state index contributed by atoms with van der Waals surface area (Å²) < 4.78 is 12.3. The van der Waals surface area contributed by atoms with Crippen molar-refractivity contribution in [3.05, 3.63) is 23.8 Å². The van der Waals surface area contributed by atoms with Crippen LogP contribution in [0.1, 0.15) is 38.1 Å². The van der Waals surface area contributed by atoms with E-state index in [0.717, 1.165) is 49.2 Å². The second-order valence-electron chi connectivity index (χ2n) is 7.81. The number of anilines is 1. The number of aldehydes is 1. The molecule has 6 heteroatoms. The Hall–Kier alpha value is -1.37. The molecule has 0 atom stereocenters. The van der Waals surface area contributed by atoms with Gasteiger partial charge < -0.3 is 19.1 Å². The molecule has 1 aromatic rings. The van der Waals surface area contributed by atoms with Crippen molar-refractivity contribution in [2.45, 2.75) is 38.9 Å². The van der Waals surface area contributed by atoms with Crippen LogP contribution >= 0.6 is 0 Å². The van der Waals surface area contributed by atoms with E-state index in [1.807, 2.05) is 39.8 Å². The maximum Gasteiger partial charge on any atom is 0.494 e. The lowest BCUT2D eigenvalue weighted by atomic mass is 9.78. The fourth-order valence-electron chi connectivity index (χ4n) is 3.11. The van der Waals surface area contributed by atoms with Crippen molar-refractivity contribution in [1.82, 2.24) is 4.90 Å². The molecule has 0 aliphatic carbocycles. The third kappa shape index (κ3) is 3.10. The van der Waals surface area contributed by atoms with Crippen LogP contribution in [0, 0.1) is 0 Å². The molecule has 2 aliphatic heterocycles. The number of carbonyl (C=O) groups excluding carboxylic acids is 1. The molecular weight excluding hydrogens is 309 g/mol. The molecular formula is C18H27BN2O3. The normalized spacial score (nSPS) is 23.5. The van der Waals surface area contributed by atoms with E-state index in [1.54, 1.807) is 0 Å². The summed E-state index contributed by atoms with van der Waals surface area (Å²) in [5.41, 5.74) is 1.93. The summed E-state index contributed by atoms with van der Waals surface area (Å²) >= 11 is 0. The van der Waals surface area contributed by atoms with Crippen LogP contribution in [-0.4, -0.2) is 62.7 Å². The Morgan fingerprint density at radius 3 is 2.17 bits per heavy atom. The minimum atomic E-state index is -0.401. The van der Waals surface area contributed by atoms with Gasteiger partial charge in [-0.15, -0.1) is 0 Å². The van der Waals surface area contributed by atoms with Crippen LogP contribution in [0.5, 0.6) is 0 Å². The highest BCUT2D eigenvalue weighted by molar-refractivity contribution is 6.62. The van der Waals surface area contributed by atoms with Crippen LogP contribution in [0.4, 0.5) is 5.69 Å². The largest absolute Gasteiger partial charge is 0.494 e. The smallest absolute Gasteiger partial charge is 0.399 e. The first-order valence-corrected chi connectivity index (χ1v) is 8.62. The third-order valence-electron chi connectivity index (χ3n) is 5.55. The fourth-order valence-corrected chi connectivity index (χ4v) is 3.11. The SMILES string of the molecule is CN1CCN(c2cc(B3O[13C]([13CH3])([13CH3])[13C]([13CH3])([13CH3])O3)ccc2C=O)CC1.